The molecule has 6 nitrogen and oxygen atoms in total. The molecule has 35 heavy (non-hydrogen) atoms. The molecule has 8 heteroatoms. The summed E-state index contributed by atoms with van der Waals surface area (Å²) in [5, 5.41) is 0.400. The van der Waals surface area contributed by atoms with Crippen LogP contribution in [0.3, 0.4) is 0 Å². The minimum Gasteiger partial charge on any atom is -0.469 e. The third-order valence-electron chi connectivity index (χ3n) is 6.31. The fourth-order valence-corrected chi connectivity index (χ4v) is 4.77. The van der Waals surface area contributed by atoms with Crippen LogP contribution < -0.4 is 0 Å². The molecule has 0 bridgehead atoms. The van der Waals surface area contributed by atoms with Crippen molar-refractivity contribution in [1.82, 2.24) is 19.5 Å². The number of ether oxygens (including phenoxy) is 1. The number of imidazole rings is 1. The summed E-state index contributed by atoms with van der Waals surface area (Å²) in [5.41, 5.74) is 1.20. The van der Waals surface area contributed by atoms with Crippen molar-refractivity contribution in [3.63, 3.8) is 0 Å². The van der Waals surface area contributed by atoms with Gasteiger partial charge in [0.05, 0.1) is 7.11 Å². The van der Waals surface area contributed by atoms with E-state index < -0.39 is 0 Å². The fraction of sp³-hybridized carbons (Fsp3) is 0.704. The molecule has 0 aliphatic rings. The summed E-state index contributed by atoms with van der Waals surface area (Å²) in [7, 11) is 1.40. The topological polar surface area (TPSA) is 69.9 Å². The van der Waals surface area contributed by atoms with Gasteiger partial charge < -0.3 is 9.30 Å². The highest BCUT2D eigenvalue weighted by Crippen LogP contribution is 2.25. The minimum absolute atomic E-state index is 0.0878. The Labute approximate surface area is 220 Å². The van der Waals surface area contributed by atoms with Crippen molar-refractivity contribution in [2.75, 3.05) is 7.11 Å². The molecule has 2 rings (SSSR count). The molecular weight excluding hydrogens is 483 g/mol. The Balaban J connectivity index is 1.74. The molecule has 2 heterocycles. The molecule has 0 fully saturated rings. The highest BCUT2D eigenvalue weighted by molar-refractivity contribution is 6.35. The number of methoxy groups -OCH3 is 1. The van der Waals surface area contributed by atoms with Gasteiger partial charge in [0.25, 0.3) is 0 Å². The highest BCUT2D eigenvalue weighted by Gasteiger charge is 2.15. The van der Waals surface area contributed by atoms with E-state index in [2.05, 4.69) is 26.4 Å². The largest absolute Gasteiger partial charge is 0.469 e. The number of nitrogens with zero attached hydrogens (tertiary/aromatic N) is 4. The zero-order valence-corrected chi connectivity index (χ0v) is 23.0. The molecule has 0 aromatic carbocycles. The first kappa shape index (κ1) is 29.6. The number of rotatable bonds is 19. The second kappa shape index (κ2) is 17.7. The summed E-state index contributed by atoms with van der Waals surface area (Å²) >= 11 is 12.4. The van der Waals surface area contributed by atoms with Crippen molar-refractivity contribution in [1.29, 1.82) is 0 Å². The standard InChI is InChI=1S/C27H42Cl2N4O2/c1-3-4-5-6-7-8-9-10-11-12-13-14-15-18-21-33-22(19-16-17-20-23(34)35-2)30-26-24(33)25(28)31-27(29)32-26/h16,19H,3-15,17-18,20-21H2,1-2H3. The van der Waals surface area contributed by atoms with Crippen LogP contribution in [0.2, 0.25) is 10.4 Å². The lowest BCUT2D eigenvalue weighted by molar-refractivity contribution is -0.140. The predicted octanol–water partition coefficient (Wildman–Crippen LogP) is 8.58. The van der Waals surface area contributed by atoms with Crippen LogP contribution in [-0.4, -0.2) is 32.6 Å². The van der Waals surface area contributed by atoms with Crippen molar-refractivity contribution < 1.29 is 9.53 Å². The molecule has 0 amide bonds. The van der Waals surface area contributed by atoms with Gasteiger partial charge in [-0.2, -0.15) is 4.98 Å². The van der Waals surface area contributed by atoms with Gasteiger partial charge in [-0.05, 0) is 30.5 Å². The molecule has 2 aromatic rings. The summed E-state index contributed by atoms with van der Waals surface area (Å²) < 4.78 is 6.75. The second-order valence-corrected chi connectivity index (χ2v) is 9.89. The maximum atomic E-state index is 11.3. The number of hydrogen-bond donors (Lipinski definition) is 0. The number of aromatic nitrogens is 4. The van der Waals surface area contributed by atoms with Gasteiger partial charge in [-0.1, -0.05) is 108 Å². The van der Waals surface area contributed by atoms with Crippen LogP contribution in [0.4, 0.5) is 0 Å². The molecule has 0 spiro atoms. The number of allylic oxidation sites excluding steroid dienone is 1. The summed E-state index contributed by atoms with van der Waals surface area (Å²) in [6, 6.07) is 0. The van der Waals surface area contributed by atoms with Gasteiger partial charge in [0.1, 0.15) is 11.3 Å². The second-order valence-electron chi connectivity index (χ2n) is 9.19. The van der Waals surface area contributed by atoms with Crippen molar-refractivity contribution in [3.8, 4) is 0 Å². The van der Waals surface area contributed by atoms with Crippen molar-refractivity contribution in [2.45, 2.75) is 116 Å². The van der Waals surface area contributed by atoms with E-state index in [1.165, 1.54) is 84.2 Å². The number of carbonyl (C=O) groups is 1. The van der Waals surface area contributed by atoms with Crippen molar-refractivity contribution in [3.05, 3.63) is 22.3 Å². The van der Waals surface area contributed by atoms with E-state index in [0.29, 0.717) is 29.2 Å². The van der Waals surface area contributed by atoms with Crippen molar-refractivity contribution >= 4 is 46.4 Å². The lowest BCUT2D eigenvalue weighted by atomic mass is 10.0. The maximum absolute atomic E-state index is 11.3. The summed E-state index contributed by atoms with van der Waals surface area (Å²) in [6.07, 6.45) is 23.3. The summed E-state index contributed by atoms with van der Waals surface area (Å²) in [5.74, 6) is 0.518. The predicted molar refractivity (Wildman–Crippen MR) is 146 cm³/mol. The molecule has 0 N–H and O–H groups in total. The number of unbranched alkanes of at least 4 members (excludes halogenated alkanes) is 13. The molecular formula is C27H42Cl2N4O2. The van der Waals surface area contributed by atoms with E-state index in [1.54, 1.807) is 0 Å². The Kier molecular flexibility index (Phi) is 15.0. The van der Waals surface area contributed by atoms with Gasteiger partial charge in [0, 0.05) is 13.0 Å². The molecule has 0 aliphatic carbocycles. The van der Waals surface area contributed by atoms with Crippen LogP contribution in [0.25, 0.3) is 17.2 Å². The quantitative estimate of drug-likeness (QED) is 0.0795. The number of esters is 1. The average Bonchev–Trinajstić information content (AvgIpc) is 3.19. The van der Waals surface area contributed by atoms with Crippen LogP contribution in [0.5, 0.6) is 0 Å². The first-order chi connectivity index (χ1) is 17.1. The van der Waals surface area contributed by atoms with E-state index >= 15 is 0 Å². The van der Waals surface area contributed by atoms with Gasteiger partial charge in [0.15, 0.2) is 10.8 Å². The average molecular weight is 526 g/mol. The first-order valence-corrected chi connectivity index (χ1v) is 14.1. The zero-order chi connectivity index (χ0) is 25.3. The SMILES string of the molecule is CCCCCCCCCCCCCCCCn1c(C=CCCC(=O)OC)nc2nc(Cl)nc(Cl)c21. The fourth-order valence-electron chi connectivity index (χ4n) is 4.30. The Bertz CT molecular complexity index is 914. The maximum Gasteiger partial charge on any atom is 0.305 e. The van der Waals surface area contributed by atoms with Gasteiger partial charge in [-0.3, -0.25) is 4.79 Å². The van der Waals surface area contributed by atoms with Crippen LogP contribution in [0.1, 0.15) is 115 Å². The van der Waals surface area contributed by atoms with Gasteiger partial charge in [0.2, 0.25) is 5.28 Å². The first-order valence-electron chi connectivity index (χ1n) is 13.4. The third kappa shape index (κ3) is 11.3. The van der Waals surface area contributed by atoms with Crippen LogP contribution >= 0.6 is 23.2 Å². The summed E-state index contributed by atoms with van der Waals surface area (Å²) in [6.45, 7) is 3.06. The lowest BCUT2D eigenvalue weighted by Gasteiger charge is -2.08. The zero-order valence-electron chi connectivity index (χ0n) is 21.5. The lowest BCUT2D eigenvalue weighted by Crippen LogP contribution is -2.02. The van der Waals surface area contributed by atoms with Crippen LogP contribution in [0, 0.1) is 0 Å². The Morgan fingerprint density at radius 3 is 2.00 bits per heavy atom. The smallest absolute Gasteiger partial charge is 0.305 e. The number of carbonyl (C=O) groups excluding carboxylic acids is 1. The Hall–Kier alpha value is -1.66. The van der Waals surface area contributed by atoms with Gasteiger partial charge >= 0.3 is 5.97 Å². The Morgan fingerprint density at radius 2 is 1.43 bits per heavy atom. The molecule has 196 valence electrons. The van der Waals surface area contributed by atoms with Crippen molar-refractivity contribution in [2.24, 2.45) is 0 Å². The number of hydrogen-bond acceptors (Lipinski definition) is 5. The van der Waals surface area contributed by atoms with Gasteiger partial charge in [-0.25, -0.2) is 9.97 Å². The molecule has 0 saturated heterocycles. The Morgan fingerprint density at radius 1 is 0.857 bits per heavy atom. The van der Waals surface area contributed by atoms with E-state index in [0.717, 1.165) is 25.2 Å². The number of aryl methyl sites for hydroxylation is 1. The number of halogens is 2. The number of fused-ring (bicyclic) bond motifs is 1. The normalized spacial score (nSPS) is 11.7. The van der Waals surface area contributed by atoms with Crippen LogP contribution in [-0.2, 0) is 16.1 Å². The summed E-state index contributed by atoms with van der Waals surface area (Å²) in [4.78, 5) is 24.3. The molecule has 2 aromatic heterocycles. The molecule has 0 radical (unpaired) electrons. The molecule has 0 atom stereocenters. The molecule has 0 unspecified atom stereocenters. The highest BCUT2D eigenvalue weighted by atomic mass is 35.5. The van der Waals surface area contributed by atoms with E-state index in [1.807, 2.05) is 12.2 Å². The third-order valence-corrected chi connectivity index (χ3v) is 6.74. The van der Waals surface area contributed by atoms with Crippen LogP contribution in [0.15, 0.2) is 6.08 Å². The molecule has 0 aliphatic heterocycles. The minimum atomic E-state index is -0.230. The van der Waals surface area contributed by atoms with E-state index in [4.69, 9.17) is 27.9 Å². The molecule has 0 saturated carbocycles. The van der Waals surface area contributed by atoms with E-state index in [9.17, 15) is 4.79 Å². The monoisotopic (exact) mass is 524 g/mol. The van der Waals surface area contributed by atoms with Gasteiger partial charge in [-0.15, -0.1) is 0 Å². The van der Waals surface area contributed by atoms with E-state index in [-0.39, 0.29) is 11.3 Å².